The number of nitrogens with one attached hydrogen (secondary N) is 1. The molecule has 27 heavy (non-hydrogen) atoms. The number of non-ortho nitro benzene ring substituents is 1. The molecule has 3 atom stereocenters. The lowest BCUT2D eigenvalue weighted by Gasteiger charge is -2.38. The molecule has 138 valence electrons. The zero-order valence-electron chi connectivity index (χ0n) is 14.6. The van der Waals surface area contributed by atoms with Crippen molar-refractivity contribution in [1.82, 2.24) is 0 Å². The normalized spacial score (nSPS) is 22.5. The molecule has 0 amide bonds. The molecule has 0 spiro atoms. The van der Waals surface area contributed by atoms with Crippen LogP contribution in [0.5, 0.6) is 5.75 Å². The van der Waals surface area contributed by atoms with E-state index in [0.717, 1.165) is 23.2 Å². The number of carboxylic acid groups (broad SMARTS) is 1. The highest BCUT2D eigenvalue weighted by Crippen LogP contribution is 2.53. The van der Waals surface area contributed by atoms with E-state index in [0.29, 0.717) is 5.75 Å². The van der Waals surface area contributed by atoms with E-state index in [1.165, 1.54) is 13.2 Å². The monoisotopic (exact) mass is 366 g/mol. The van der Waals surface area contributed by atoms with Gasteiger partial charge in [0, 0.05) is 12.0 Å². The number of carboxylic acids is 1. The van der Waals surface area contributed by atoms with Gasteiger partial charge in [0.15, 0.2) is 0 Å². The van der Waals surface area contributed by atoms with Crippen LogP contribution in [-0.4, -0.2) is 23.1 Å². The largest absolute Gasteiger partial charge is 0.494 e. The quantitative estimate of drug-likeness (QED) is 0.479. The highest BCUT2D eigenvalue weighted by Gasteiger charge is 2.40. The van der Waals surface area contributed by atoms with Crippen LogP contribution in [0.2, 0.25) is 0 Å². The molecule has 0 fully saturated rings. The Morgan fingerprint density at radius 1 is 1.30 bits per heavy atom. The summed E-state index contributed by atoms with van der Waals surface area (Å²) in [5.41, 5.74) is 2.84. The second-order valence-electron chi connectivity index (χ2n) is 6.77. The molecule has 1 aliphatic heterocycles. The summed E-state index contributed by atoms with van der Waals surface area (Å²) in [5, 5.41) is 23.9. The zero-order valence-corrected chi connectivity index (χ0v) is 14.6. The Kier molecular flexibility index (Phi) is 4.07. The van der Waals surface area contributed by atoms with Gasteiger partial charge in [0.2, 0.25) is 0 Å². The second-order valence-corrected chi connectivity index (χ2v) is 6.77. The molecule has 7 nitrogen and oxygen atoms in total. The van der Waals surface area contributed by atoms with Gasteiger partial charge in [0.25, 0.3) is 5.69 Å². The molecule has 0 unspecified atom stereocenters. The number of methoxy groups -OCH3 is 1. The number of aromatic carboxylic acids is 1. The highest BCUT2D eigenvalue weighted by atomic mass is 16.6. The van der Waals surface area contributed by atoms with Gasteiger partial charge >= 0.3 is 5.97 Å². The number of carbonyl (C=O) groups is 1. The number of fused-ring (bicyclic) bond motifs is 3. The maximum absolute atomic E-state index is 11.3. The third-order valence-electron chi connectivity index (χ3n) is 5.36. The SMILES string of the molecule is COc1cc([N+](=O)[O-])cc2c1N[C@H](c1ccc(C(=O)O)cc1)[C@@H]1CC=C[C@@H]21. The van der Waals surface area contributed by atoms with Crippen molar-refractivity contribution in [3.63, 3.8) is 0 Å². The van der Waals surface area contributed by atoms with E-state index in [4.69, 9.17) is 9.84 Å². The van der Waals surface area contributed by atoms with Gasteiger partial charge in [-0.05, 0) is 35.6 Å². The summed E-state index contributed by atoms with van der Waals surface area (Å²) < 4.78 is 5.42. The smallest absolute Gasteiger partial charge is 0.335 e. The maximum atomic E-state index is 11.3. The van der Waals surface area contributed by atoms with E-state index in [1.807, 2.05) is 12.1 Å². The summed E-state index contributed by atoms with van der Waals surface area (Å²) in [6.07, 6.45) is 5.02. The Hall–Kier alpha value is -3.35. The summed E-state index contributed by atoms with van der Waals surface area (Å²) in [6, 6.07) is 9.82. The van der Waals surface area contributed by atoms with Crippen molar-refractivity contribution in [2.45, 2.75) is 18.4 Å². The lowest BCUT2D eigenvalue weighted by molar-refractivity contribution is -0.385. The first-order valence-electron chi connectivity index (χ1n) is 8.62. The minimum absolute atomic E-state index is 0.00992. The number of ether oxygens (including phenoxy) is 1. The highest BCUT2D eigenvalue weighted by molar-refractivity contribution is 5.87. The van der Waals surface area contributed by atoms with Crippen LogP contribution < -0.4 is 10.1 Å². The van der Waals surface area contributed by atoms with Crippen molar-refractivity contribution < 1.29 is 19.6 Å². The molecule has 0 bridgehead atoms. The maximum Gasteiger partial charge on any atom is 0.335 e. The Bertz CT molecular complexity index is 952. The van der Waals surface area contributed by atoms with E-state index in [9.17, 15) is 14.9 Å². The molecule has 0 aromatic heterocycles. The van der Waals surface area contributed by atoms with Crippen LogP contribution in [0.1, 0.15) is 39.9 Å². The standard InChI is InChI=1S/C20H18N2O5/c1-27-17-10-13(22(25)26)9-16-14-3-2-4-15(14)18(21-19(16)17)11-5-7-12(8-6-11)20(23)24/h2-3,5-10,14-15,18,21H,4H2,1H3,(H,23,24)/t14-,15-,18-/m1/s1. The van der Waals surface area contributed by atoms with Crippen molar-refractivity contribution in [2.75, 3.05) is 12.4 Å². The van der Waals surface area contributed by atoms with E-state index in [1.54, 1.807) is 18.2 Å². The van der Waals surface area contributed by atoms with Crippen molar-refractivity contribution in [3.8, 4) is 5.75 Å². The van der Waals surface area contributed by atoms with Crippen LogP contribution in [0.4, 0.5) is 11.4 Å². The van der Waals surface area contributed by atoms with Gasteiger partial charge in [0.05, 0.1) is 35.4 Å². The second kappa shape index (κ2) is 6.42. The Labute approximate surface area is 155 Å². The number of anilines is 1. The zero-order chi connectivity index (χ0) is 19.1. The van der Waals surface area contributed by atoms with Gasteiger partial charge in [-0.1, -0.05) is 24.3 Å². The molecule has 0 radical (unpaired) electrons. The minimum atomic E-state index is -0.960. The van der Waals surface area contributed by atoms with Crippen LogP contribution in [0, 0.1) is 16.0 Å². The molecule has 0 saturated carbocycles. The molecular weight excluding hydrogens is 348 g/mol. The van der Waals surface area contributed by atoms with Gasteiger partial charge in [-0.25, -0.2) is 4.79 Å². The molecule has 2 aromatic rings. The molecule has 2 aromatic carbocycles. The minimum Gasteiger partial charge on any atom is -0.494 e. The summed E-state index contributed by atoms with van der Waals surface area (Å²) >= 11 is 0. The van der Waals surface area contributed by atoms with Crippen molar-refractivity contribution in [3.05, 3.63) is 75.4 Å². The van der Waals surface area contributed by atoms with Crippen molar-refractivity contribution >= 4 is 17.3 Å². The lowest BCUT2D eigenvalue weighted by Crippen LogP contribution is -2.29. The molecule has 0 saturated heterocycles. The summed E-state index contributed by atoms with van der Waals surface area (Å²) in [4.78, 5) is 22.0. The van der Waals surface area contributed by atoms with Crippen LogP contribution in [0.15, 0.2) is 48.6 Å². The molecular formula is C20H18N2O5. The fraction of sp³-hybridized carbons (Fsp3) is 0.250. The number of rotatable bonds is 4. The molecule has 7 heteroatoms. The summed E-state index contributed by atoms with van der Waals surface area (Å²) in [7, 11) is 1.49. The fourth-order valence-corrected chi connectivity index (χ4v) is 4.08. The first-order valence-corrected chi connectivity index (χ1v) is 8.62. The number of allylic oxidation sites excluding steroid dienone is 2. The van der Waals surface area contributed by atoms with Crippen molar-refractivity contribution in [2.24, 2.45) is 5.92 Å². The Morgan fingerprint density at radius 2 is 2.04 bits per heavy atom. The van der Waals surface area contributed by atoms with Gasteiger partial charge in [-0.3, -0.25) is 10.1 Å². The molecule has 2 N–H and O–H groups in total. The predicted molar refractivity (Wildman–Crippen MR) is 99.4 cm³/mol. The fourth-order valence-electron chi connectivity index (χ4n) is 4.08. The van der Waals surface area contributed by atoms with Gasteiger partial charge in [-0.15, -0.1) is 0 Å². The molecule has 4 rings (SSSR count). The van der Waals surface area contributed by atoms with Crippen LogP contribution in [0.3, 0.4) is 0 Å². The first kappa shape index (κ1) is 17.1. The van der Waals surface area contributed by atoms with E-state index >= 15 is 0 Å². The third kappa shape index (κ3) is 2.81. The lowest BCUT2D eigenvalue weighted by atomic mass is 9.76. The number of nitro groups is 1. The number of hydrogen-bond donors (Lipinski definition) is 2. The van der Waals surface area contributed by atoms with Gasteiger partial charge < -0.3 is 15.2 Å². The number of benzene rings is 2. The van der Waals surface area contributed by atoms with Crippen LogP contribution in [-0.2, 0) is 0 Å². The van der Waals surface area contributed by atoms with E-state index in [-0.39, 0.29) is 29.1 Å². The van der Waals surface area contributed by atoms with E-state index in [2.05, 4.69) is 17.5 Å². The molecule has 1 aliphatic carbocycles. The number of hydrogen-bond acceptors (Lipinski definition) is 5. The van der Waals surface area contributed by atoms with Crippen molar-refractivity contribution in [1.29, 1.82) is 0 Å². The predicted octanol–water partition coefficient (Wildman–Crippen LogP) is 4.13. The van der Waals surface area contributed by atoms with Crippen LogP contribution in [0.25, 0.3) is 0 Å². The first-order chi connectivity index (χ1) is 13.0. The topological polar surface area (TPSA) is 102 Å². The molecule has 2 aliphatic rings. The number of nitro benzene ring substituents is 1. The molecule has 1 heterocycles. The van der Waals surface area contributed by atoms with Gasteiger partial charge in [-0.2, -0.15) is 0 Å². The van der Waals surface area contributed by atoms with E-state index < -0.39 is 10.9 Å². The Balaban J connectivity index is 1.79. The van der Waals surface area contributed by atoms with Gasteiger partial charge in [0.1, 0.15) is 5.75 Å². The average molecular weight is 366 g/mol. The summed E-state index contributed by atoms with van der Waals surface area (Å²) in [6.45, 7) is 0. The third-order valence-corrected chi connectivity index (χ3v) is 5.36. The summed E-state index contributed by atoms with van der Waals surface area (Å²) in [5.74, 6) is -0.290. The Morgan fingerprint density at radius 3 is 2.67 bits per heavy atom. The van der Waals surface area contributed by atoms with Crippen LogP contribution >= 0.6 is 0 Å². The average Bonchev–Trinajstić information content (AvgIpc) is 3.16. The number of nitrogens with zero attached hydrogens (tertiary/aromatic N) is 1.